The number of hydrogen-bond acceptors (Lipinski definition) is 5. The Hall–Kier alpha value is -4.57. The second kappa shape index (κ2) is 10.2. The molecule has 3 N–H and O–H groups in total. The van der Waals surface area contributed by atoms with Crippen LogP contribution in [-0.2, 0) is 15.4 Å². The summed E-state index contributed by atoms with van der Waals surface area (Å²) in [4.78, 5) is 17.5. The fraction of sp³-hybridized carbons (Fsp3) is 0.200. The molecule has 5 aromatic rings. The van der Waals surface area contributed by atoms with Crippen molar-refractivity contribution < 1.29 is 17.9 Å². The largest absolute Gasteiger partial charge is 0.492 e. The van der Waals surface area contributed by atoms with Gasteiger partial charge < -0.3 is 19.9 Å². The van der Waals surface area contributed by atoms with Crippen molar-refractivity contribution in [2.45, 2.75) is 26.2 Å². The minimum atomic E-state index is -3.59. The van der Waals surface area contributed by atoms with Gasteiger partial charge in [-0.2, -0.15) is 0 Å². The first kappa shape index (κ1) is 27.0. The number of ether oxygens (including phenoxy) is 1. The Kier molecular flexibility index (Phi) is 6.89. The summed E-state index contributed by atoms with van der Waals surface area (Å²) >= 11 is 0. The fourth-order valence-corrected chi connectivity index (χ4v) is 5.27. The summed E-state index contributed by atoms with van der Waals surface area (Å²) in [6, 6.07) is 18.7. The average molecular weight is 558 g/mol. The van der Waals surface area contributed by atoms with Crippen molar-refractivity contribution in [1.29, 1.82) is 0 Å². The molecule has 10 heteroatoms. The number of amides is 2. The van der Waals surface area contributed by atoms with Gasteiger partial charge >= 0.3 is 6.03 Å². The van der Waals surface area contributed by atoms with Crippen molar-refractivity contribution in [3.05, 3.63) is 84.8 Å². The average Bonchev–Trinajstić information content (AvgIpc) is 3.31. The number of benzene rings is 3. The number of carbonyl (C=O) groups is 1. The Morgan fingerprint density at radius 2 is 1.62 bits per heavy atom. The summed E-state index contributed by atoms with van der Waals surface area (Å²) in [6.07, 6.45) is 6.66. The van der Waals surface area contributed by atoms with E-state index in [2.05, 4.69) is 24.9 Å². The van der Waals surface area contributed by atoms with E-state index < -0.39 is 16.1 Å². The number of nitrogens with zero attached hydrogens (tertiary/aromatic N) is 2. The maximum absolute atomic E-state index is 13.3. The number of anilines is 3. The fourth-order valence-electron chi connectivity index (χ4n) is 4.72. The van der Waals surface area contributed by atoms with E-state index in [9.17, 15) is 13.2 Å². The van der Waals surface area contributed by atoms with Crippen LogP contribution in [0.15, 0.2) is 79.3 Å². The van der Waals surface area contributed by atoms with Crippen molar-refractivity contribution in [3.8, 4) is 11.4 Å². The first-order valence-corrected chi connectivity index (χ1v) is 14.6. The standard InChI is InChI=1S/C30H31N5O4S/c1-30(2,3)20-16-24(28(39-4)25(17-20)34-40(5,37)38)33-29(36)32-23-10-11-27(22-9-7-6-8-21(22)23)35-15-13-19-18-31-14-12-26(19)35/h6-18,34H,1-5H3,(H2,32,33,36). The third kappa shape index (κ3) is 5.43. The van der Waals surface area contributed by atoms with Crippen molar-refractivity contribution in [3.63, 3.8) is 0 Å². The number of fused-ring (bicyclic) bond motifs is 2. The van der Waals surface area contributed by atoms with Gasteiger partial charge in [0.25, 0.3) is 0 Å². The molecule has 0 aliphatic rings. The summed E-state index contributed by atoms with van der Waals surface area (Å²) in [5, 5.41) is 8.67. The van der Waals surface area contributed by atoms with E-state index in [0.29, 0.717) is 11.4 Å². The molecule has 5 rings (SSSR count). The number of methoxy groups -OCH3 is 1. The van der Waals surface area contributed by atoms with Gasteiger partial charge in [-0.15, -0.1) is 0 Å². The van der Waals surface area contributed by atoms with E-state index in [1.54, 1.807) is 18.3 Å². The van der Waals surface area contributed by atoms with Crippen LogP contribution in [-0.4, -0.2) is 37.4 Å². The smallest absolute Gasteiger partial charge is 0.323 e. The molecule has 2 amide bonds. The third-order valence-electron chi connectivity index (χ3n) is 6.60. The van der Waals surface area contributed by atoms with Gasteiger partial charge in [0.15, 0.2) is 5.75 Å². The van der Waals surface area contributed by atoms with Gasteiger partial charge in [0.1, 0.15) is 0 Å². The summed E-state index contributed by atoms with van der Waals surface area (Å²) in [7, 11) is -2.16. The normalized spacial score (nSPS) is 11.9. The van der Waals surface area contributed by atoms with Crippen LogP contribution in [0.3, 0.4) is 0 Å². The zero-order valence-electron chi connectivity index (χ0n) is 22.9. The molecule has 3 aromatic carbocycles. The van der Waals surface area contributed by atoms with Crippen molar-refractivity contribution in [2.75, 3.05) is 28.7 Å². The van der Waals surface area contributed by atoms with Gasteiger partial charge in [-0.05, 0) is 47.4 Å². The van der Waals surface area contributed by atoms with Gasteiger partial charge in [-0.25, -0.2) is 13.2 Å². The molecule has 0 saturated heterocycles. The Labute approximate surface area is 233 Å². The first-order valence-electron chi connectivity index (χ1n) is 12.7. The lowest BCUT2D eigenvalue weighted by Gasteiger charge is -2.24. The van der Waals surface area contributed by atoms with Gasteiger partial charge in [-0.1, -0.05) is 45.0 Å². The molecule has 0 saturated carbocycles. The highest BCUT2D eigenvalue weighted by Gasteiger charge is 2.22. The molecule has 0 aliphatic carbocycles. The number of sulfonamides is 1. The lowest BCUT2D eigenvalue weighted by Crippen LogP contribution is -2.22. The van der Waals surface area contributed by atoms with Gasteiger partial charge in [0, 0.05) is 34.7 Å². The van der Waals surface area contributed by atoms with E-state index in [1.165, 1.54) is 7.11 Å². The predicted octanol–water partition coefficient (Wildman–Crippen LogP) is 6.50. The van der Waals surface area contributed by atoms with Crippen molar-refractivity contribution >= 4 is 54.8 Å². The Morgan fingerprint density at radius 1 is 0.925 bits per heavy atom. The van der Waals surface area contributed by atoms with E-state index in [-0.39, 0.29) is 16.9 Å². The van der Waals surface area contributed by atoms with Crippen LogP contribution in [0.2, 0.25) is 0 Å². The molecule has 0 aliphatic heterocycles. The zero-order valence-corrected chi connectivity index (χ0v) is 23.8. The Bertz CT molecular complexity index is 1860. The van der Waals surface area contributed by atoms with Crippen LogP contribution in [0.25, 0.3) is 27.4 Å². The predicted molar refractivity (Wildman–Crippen MR) is 161 cm³/mol. The van der Waals surface area contributed by atoms with E-state index >= 15 is 0 Å². The van der Waals surface area contributed by atoms with Crippen LogP contribution in [0.4, 0.5) is 21.9 Å². The van der Waals surface area contributed by atoms with Crippen LogP contribution in [0.5, 0.6) is 5.75 Å². The lowest BCUT2D eigenvalue weighted by molar-refractivity contribution is 0.262. The highest BCUT2D eigenvalue weighted by molar-refractivity contribution is 7.92. The third-order valence-corrected chi connectivity index (χ3v) is 7.19. The first-order chi connectivity index (χ1) is 18.9. The summed E-state index contributed by atoms with van der Waals surface area (Å²) in [5.41, 5.74) is 3.71. The highest BCUT2D eigenvalue weighted by atomic mass is 32.2. The summed E-state index contributed by atoms with van der Waals surface area (Å²) < 4.78 is 34.2. The Morgan fingerprint density at radius 3 is 2.33 bits per heavy atom. The number of carbonyl (C=O) groups excluding carboxylic acids is 1. The molecule has 206 valence electrons. The monoisotopic (exact) mass is 557 g/mol. The van der Waals surface area contributed by atoms with Crippen molar-refractivity contribution in [2.24, 2.45) is 0 Å². The minimum absolute atomic E-state index is 0.211. The molecule has 0 spiro atoms. The number of urea groups is 1. The molecule has 0 unspecified atom stereocenters. The summed E-state index contributed by atoms with van der Waals surface area (Å²) in [5.74, 6) is 0.211. The molecule has 2 heterocycles. The van der Waals surface area contributed by atoms with E-state index in [0.717, 1.165) is 39.2 Å². The van der Waals surface area contributed by atoms with Crippen LogP contribution in [0, 0.1) is 0 Å². The van der Waals surface area contributed by atoms with Crippen LogP contribution >= 0.6 is 0 Å². The summed E-state index contributed by atoms with van der Waals surface area (Å²) in [6.45, 7) is 6.00. The Balaban J connectivity index is 1.51. The second-order valence-corrected chi connectivity index (χ2v) is 12.4. The van der Waals surface area contributed by atoms with Gasteiger partial charge in [-0.3, -0.25) is 9.71 Å². The molecule has 40 heavy (non-hydrogen) atoms. The van der Waals surface area contributed by atoms with Crippen LogP contribution in [0.1, 0.15) is 26.3 Å². The molecule has 0 atom stereocenters. The molecule has 0 fully saturated rings. The van der Waals surface area contributed by atoms with Crippen molar-refractivity contribution in [1.82, 2.24) is 9.55 Å². The number of pyridine rings is 1. The van der Waals surface area contributed by atoms with E-state index in [4.69, 9.17) is 4.74 Å². The van der Waals surface area contributed by atoms with Gasteiger partial charge in [0.2, 0.25) is 10.0 Å². The molecular formula is C30H31N5O4S. The SMILES string of the molecule is COc1c(NC(=O)Nc2ccc(-n3ccc4cnccc43)c3ccccc23)cc(C(C)(C)C)cc1NS(C)(=O)=O. The molecule has 0 radical (unpaired) electrons. The molecule has 9 nitrogen and oxygen atoms in total. The quantitative estimate of drug-likeness (QED) is 0.220. The number of nitrogens with one attached hydrogen (secondary N) is 3. The maximum Gasteiger partial charge on any atom is 0.323 e. The number of rotatable bonds is 6. The van der Waals surface area contributed by atoms with Crippen LogP contribution < -0.4 is 20.1 Å². The maximum atomic E-state index is 13.3. The molecular weight excluding hydrogens is 526 g/mol. The second-order valence-electron chi connectivity index (χ2n) is 10.6. The molecule has 2 aromatic heterocycles. The molecule has 0 bridgehead atoms. The zero-order chi connectivity index (χ0) is 28.7. The van der Waals surface area contributed by atoms with E-state index in [1.807, 2.05) is 81.7 Å². The van der Waals surface area contributed by atoms with Gasteiger partial charge in [0.05, 0.1) is 41.6 Å². The highest BCUT2D eigenvalue weighted by Crippen LogP contribution is 2.39. The lowest BCUT2D eigenvalue weighted by atomic mass is 9.86. The number of aromatic nitrogens is 2. The minimum Gasteiger partial charge on any atom is -0.492 e. The topological polar surface area (TPSA) is 114 Å². The number of hydrogen-bond donors (Lipinski definition) is 3.